The van der Waals surface area contributed by atoms with E-state index in [1.807, 2.05) is 0 Å². The lowest BCUT2D eigenvalue weighted by atomic mass is 9.47. The predicted octanol–water partition coefficient (Wildman–Crippen LogP) is 21.7. The van der Waals surface area contributed by atoms with Crippen LogP contribution in [-0.2, 0) is 9.53 Å². The molecular weight excluding hydrogens is 837 g/mol. The maximum Gasteiger partial charge on any atom is 0.306 e. The van der Waals surface area contributed by atoms with Gasteiger partial charge in [0.1, 0.15) is 6.10 Å². The molecule has 3 saturated carbocycles. The van der Waals surface area contributed by atoms with Crippen LogP contribution < -0.4 is 0 Å². The number of rotatable bonds is 39. The monoisotopic (exact) mass is 951 g/mol. The van der Waals surface area contributed by atoms with Crippen molar-refractivity contribution in [1.29, 1.82) is 0 Å². The van der Waals surface area contributed by atoms with Crippen LogP contribution in [0.15, 0.2) is 72.4 Å². The molecule has 69 heavy (non-hydrogen) atoms. The molecule has 0 bridgehead atoms. The van der Waals surface area contributed by atoms with Crippen molar-refractivity contribution in [3.63, 3.8) is 0 Å². The second-order valence-electron chi connectivity index (χ2n) is 24.3. The summed E-state index contributed by atoms with van der Waals surface area (Å²) in [6.45, 7) is 14.9. The smallest absolute Gasteiger partial charge is 0.306 e. The Bertz CT molecular complexity index is 1510. The first kappa shape index (κ1) is 59.5. The molecule has 0 amide bonds. The van der Waals surface area contributed by atoms with Crippen LogP contribution >= 0.6 is 0 Å². The molecule has 0 aromatic carbocycles. The third-order valence-electron chi connectivity index (χ3n) is 18.5. The van der Waals surface area contributed by atoms with Crippen LogP contribution in [0.3, 0.4) is 0 Å². The lowest BCUT2D eigenvalue weighted by Gasteiger charge is -2.58. The van der Waals surface area contributed by atoms with Crippen molar-refractivity contribution in [3.05, 3.63) is 72.4 Å². The van der Waals surface area contributed by atoms with Gasteiger partial charge in [-0.25, -0.2) is 0 Å². The zero-order valence-electron chi connectivity index (χ0n) is 46.8. The second kappa shape index (κ2) is 35.9. The number of fused-ring (bicyclic) bond motifs is 5. The number of hydrogen-bond donors (Lipinski definition) is 0. The van der Waals surface area contributed by atoms with E-state index in [0.29, 0.717) is 17.3 Å². The summed E-state index contributed by atoms with van der Waals surface area (Å²) in [6, 6.07) is 0. The van der Waals surface area contributed by atoms with Crippen molar-refractivity contribution in [2.24, 2.45) is 46.3 Å². The molecule has 3 fully saturated rings. The molecule has 8 atom stereocenters. The van der Waals surface area contributed by atoms with E-state index in [-0.39, 0.29) is 12.1 Å². The molecule has 8 unspecified atom stereocenters. The minimum absolute atomic E-state index is 0.0661. The molecule has 4 aliphatic rings. The van der Waals surface area contributed by atoms with Crippen LogP contribution in [0, 0.1) is 46.3 Å². The molecule has 2 nitrogen and oxygen atoms in total. The van der Waals surface area contributed by atoms with Gasteiger partial charge in [0.05, 0.1) is 0 Å². The molecule has 0 radical (unpaired) electrons. The van der Waals surface area contributed by atoms with Crippen molar-refractivity contribution < 1.29 is 9.53 Å². The molecule has 0 N–H and O–H groups in total. The lowest BCUT2D eigenvalue weighted by molar-refractivity contribution is -0.151. The normalized spacial score (nSPS) is 26.5. The SMILES string of the molecule is CC/C=C\C/C=C\C/C=C\C/C=C\C/C=C\CCCCCCCCCCCCCCCCCCCCCCCC(=O)OC1CCC2(C)C(=CCC3C2CCC2(C)C(C(C)CCCC(C)C)CCC32)C1. The van der Waals surface area contributed by atoms with E-state index >= 15 is 0 Å². The van der Waals surface area contributed by atoms with Crippen LogP contribution in [0.5, 0.6) is 0 Å². The van der Waals surface area contributed by atoms with E-state index in [0.717, 1.165) is 86.9 Å². The molecule has 4 rings (SSSR count). The Kier molecular flexibility index (Phi) is 31.0. The van der Waals surface area contributed by atoms with Crippen LogP contribution in [0.1, 0.15) is 292 Å². The first-order valence-electron chi connectivity index (χ1n) is 30.8. The van der Waals surface area contributed by atoms with E-state index in [1.165, 1.54) is 193 Å². The zero-order valence-corrected chi connectivity index (χ0v) is 46.8. The van der Waals surface area contributed by atoms with Gasteiger partial charge < -0.3 is 4.74 Å². The average Bonchev–Trinajstić information content (AvgIpc) is 3.70. The van der Waals surface area contributed by atoms with Gasteiger partial charge in [-0.05, 0) is 143 Å². The summed E-state index contributed by atoms with van der Waals surface area (Å²) in [5.41, 5.74) is 2.52. The summed E-state index contributed by atoms with van der Waals surface area (Å²) in [6.07, 6.45) is 76.3. The van der Waals surface area contributed by atoms with Gasteiger partial charge in [0.15, 0.2) is 0 Å². The zero-order chi connectivity index (χ0) is 49.3. The molecule has 0 spiro atoms. The van der Waals surface area contributed by atoms with Crippen LogP contribution in [-0.4, -0.2) is 12.1 Å². The van der Waals surface area contributed by atoms with Gasteiger partial charge in [0, 0.05) is 12.8 Å². The molecule has 0 saturated heterocycles. The Labute approximate surface area is 430 Å². The number of allylic oxidation sites excluding steroid dienone is 11. The van der Waals surface area contributed by atoms with Crippen LogP contribution in [0.25, 0.3) is 0 Å². The maximum absolute atomic E-state index is 13.0. The van der Waals surface area contributed by atoms with E-state index in [1.54, 1.807) is 5.57 Å². The molecule has 2 heteroatoms. The highest BCUT2D eigenvalue weighted by molar-refractivity contribution is 5.69. The third kappa shape index (κ3) is 22.7. The minimum atomic E-state index is 0.0661. The summed E-state index contributed by atoms with van der Waals surface area (Å²) in [7, 11) is 0. The van der Waals surface area contributed by atoms with Gasteiger partial charge in [0.2, 0.25) is 0 Å². The standard InChI is InChI=1S/C67H114O2/c1-7-8-9-10-11-12-13-14-15-16-17-18-19-20-21-22-23-24-25-26-27-28-29-30-31-32-33-34-35-36-37-38-39-40-41-42-43-47-65(68)69-60-52-54-66(5)59(56-60)48-49-61-63-51-50-62(58(4)46-44-45-57(2)3)67(63,6)55-53-64(61)66/h8-9,11-12,14-15,17-18,20-21,48,57-58,60-64H,7,10,13,16,19,22-47,49-56H2,1-6H3/b9-8-,12-11-,15-14-,18-17-,21-20-. The molecule has 0 aliphatic heterocycles. The highest BCUT2D eigenvalue weighted by atomic mass is 16.5. The maximum atomic E-state index is 13.0. The van der Waals surface area contributed by atoms with Crippen molar-refractivity contribution in [2.45, 2.75) is 298 Å². The van der Waals surface area contributed by atoms with E-state index in [4.69, 9.17) is 4.74 Å². The van der Waals surface area contributed by atoms with Gasteiger partial charge in [-0.2, -0.15) is 0 Å². The Hall–Kier alpha value is -2.09. The summed E-state index contributed by atoms with van der Waals surface area (Å²) >= 11 is 0. The number of esters is 1. The van der Waals surface area contributed by atoms with Crippen LogP contribution in [0.4, 0.5) is 0 Å². The molecule has 0 heterocycles. The fourth-order valence-corrected chi connectivity index (χ4v) is 14.3. The van der Waals surface area contributed by atoms with E-state index in [9.17, 15) is 4.79 Å². The fourth-order valence-electron chi connectivity index (χ4n) is 14.3. The van der Waals surface area contributed by atoms with Crippen LogP contribution in [0.2, 0.25) is 0 Å². The van der Waals surface area contributed by atoms with E-state index < -0.39 is 0 Å². The lowest BCUT2D eigenvalue weighted by Crippen LogP contribution is -2.51. The van der Waals surface area contributed by atoms with Crippen molar-refractivity contribution >= 4 is 5.97 Å². The predicted molar refractivity (Wildman–Crippen MR) is 304 cm³/mol. The van der Waals surface area contributed by atoms with Crippen molar-refractivity contribution in [2.75, 3.05) is 0 Å². The molecule has 0 aromatic heterocycles. The molecule has 0 aromatic rings. The number of unbranched alkanes of at least 4 members (excludes halogenated alkanes) is 21. The van der Waals surface area contributed by atoms with Gasteiger partial charge in [-0.3, -0.25) is 4.79 Å². The van der Waals surface area contributed by atoms with Gasteiger partial charge >= 0.3 is 5.97 Å². The number of carbonyl (C=O) groups is 1. The van der Waals surface area contributed by atoms with E-state index in [2.05, 4.69) is 108 Å². The van der Waals surface area contributed by atoms with Crippen molar-refractivity contribution in [3.8, 4) is 0 Å². The van der Waals surface area contributed by atoms with Gasteiger partial charge in [-0.1, -0.05) is 255 Å². The number of ether oxygens (including phenoxy) is 1. The van der Waals surface area contributed by atoms with Crippen molar-refractivity contribution in [1.82, 2.24) is 0 Å². The first-order chi connectivity index (χ1) is 33.7. The summed E-state index contributed by atoms with van der Waals surface area (Å²) < 4.78 is 6.18. The van der Waals surface area contributed by atoms with Gasteiger partial charge in [-0.15, -0.1) is 0 Å². The quantitative estimate of drug-likeness (QED) is 0.0349. The van der Waals surface area contributed by atoms with Gasteiger partial charge in [0.25, 0.3) is 0 Å². The number of carbonyl (C=O) groups excluding carboxylic acids is 1. The first-order valence-corrected chi connectivity index (χ1v) is 30.8. The Morgan fingerprint density at radius 3 is 1.58 bits per heavy atom. The largest absolute Gasteiger partial charge is 0.462 e. The Morgan fingerprint density at radius 1 is 0.565 bits per heavy atom. The Morgan fingerprint density at radius 2 is 1.06 bits per heavy atom. The number of hydrogen-bond acceptors (Lipinski definition) is 2. The Balaban J connectivity index is 0.872. The topological polar surface area (TPSA) is 26.3 Å². The summed E-state index contributed by atoms with van der Waals surface area (Å²) in [5, 5.41) is 0. The molecule has 4 aliphatic carbocycles. The highest BCUT2D eigenvalue weighted by Gasteiger charge is 2.59. The second-order valence-corrected chi connectivity index (χ2v) is 24.3. The average molecular weight is 952 g/mol. The highest BCUT2D eigenvalue weighted by Crippen LogP contribution is 2.67. The molecule has 394 valence electrons. The fraction of sp³-hybridized carbons (Fsp3) is 0.806. The summed E-state index contributed by atoms with van der Waals surface area (Å²) in [4.78, 5) is 13.0. The minimum Gasteiger partial charge on any atom is -0.462 e. The summed E-state index contributed by atoms with van der Waals surface area (Å²) in [5.74, 6) is 5.31. The molecular formula is C67H114O2. The third-order valence-corrected chi connectivity index (χ3v) is 18.5.